The van der Waals surface area contributed by atoms with E-state index >= 15 is 0 Å². The molecule has 1 aromatic heterocycles. The second-order valence-corrected chi connectivity index (χ2v) is 4.31. The highest BCUT2D eigenvalue weighted by Gasteiger charge is 2.19. The molecule has 100 valence electrons. The zero-order valence-corrected chi connectivity index (χ0v) is 10.7. The number of carbonyl (C=O) groups is 1. The molecule has 2 aromatic rings. The topological polar surface area (TPSA) is 88.2 Å². The van der Waals surface area contributed by atoms with Crippen molar-refractivity contribution in [3.63, 3.8) is 0 Å². The number of benzene rings is 1. The summed E-state index contributed by atoms with van der Waals surface area (Å²) in [6.07, 6.45) is 0.300. The SMILES string of the molecule is O=C(O)c1nnn(CCO)c1Cc1ccccc1Cl. The van der Waals surface area contributed by atoms with E-state index < -0.39 is 5.97 Å². The van der Waals surface area contributed by atoms with E-state index in [9.17, 15) is 4.79 Å². The molecular weight excluding hydrogens is 270 g/mol. The number of aromatic carboxylic acids is 1. The summed E-state index contributed by atoms with van der Waals surface area (Å²) in [6.45, 7) is 0.0536. The highest BCUT2D eigenvalue weighted by Crippen LogP contribution is 2.20. The van der Waals surface area contributed by atoms with Gasteiger partial charge in [0.25, 0.3) is 0 Å². The van der Waals surface area contributed by atoms with Gasteiger partial charge in [-0.1, -0.05) is 35.0 Å². The second kappa shape index (κ2) is 5.81. The van der Waals surface area contributed by atoms with Crippen molar-refractivity contribution in [2.75, 3.05) is 6.61 Å². The Bertz CT molecular complexity index is 598. The molecule has 0 unspecified atom stereocenters. The van der Waals surface area contributed by atoms with E-state index in [1.54, 1.807) is 12.1 Å². The lowest BCUT2D eigenvalue weighted by Gasteiger charge is -2.07. The maximum absolute atomic E-state index is 11.1. The van der Waals surface area contributed by atoms with Crippen LogP contribution in [0, 0.1) is 0 Å². The summed E-state index contributed by atoms with van der Waals surface area (Å²) in [7, 11) is 0. The third-order valence-corrected chi connectivity index (χ3v) is 3.04. The monoisotopic (exact) mass is 281 g/mol. The summed E-state index contributed by atoms with van der Waals surface area (Å²) in [6, 6.07) is 7.16. The van der Waals surface area contributed by atoms with Crippen molar-refractivity contribution in [3.8, 4) is 0 Å². The van der Waals surface area contributed by atoms with Crippen molar-refractivity contribution in [2.45, 2.75) is 13.0 Å². The largest absolute Gasteiger partial charge is 0.476 e. The van der Waals surface area contributed by atoms with Crippen molar-refractivity contribution < 1.29 is 15.0 Å². The maximum Gasteiger partial charge on any atom is 0.358 e. The van der Waals surface area contributed by atoms with Gasteiger partial charge in [0, 0.05) is 11.4 Å². The number of carboxylic acid groups (broad SMARTS) is 1. The molecule has 0 radical (unpaired) electrons. The van der Waals surface area contributed by atoms with Crippen LogP contribution in [0.1, 0.15) is 21.7 Å². The molecule has 0 atom stereocenters. The number of halogens is 1. The van der Waals surface area contributed by atoms with E-state index in [4.69, 9.17) is 21.8 Å². The van der Waals surface area contributed by atoms with Crippen molar-refractivity contribution in [2.24, 2.45) is 0 Å². The average molecular weight is 282 g/mol. The standard InChI is InChI=1S/C12H12ClN3O3/c13-9-4-2-1-3-8(9)7-10-11(12(18)19)14-15-16(10)5-6-17/h1-4,17H,5-7H2,(H,18,19). The van der Waals surface area contributed by atoms with Crippen LogP contribution in [0.4, 0.5) is 0 Å². The minimum atomic E-state index is -1.15. The van der Waals surface area contributed by atoms with Crippen LogP contribution in [0.5, 0.6) is 0 Å². The Kier molecular flexibility index (Phi) is 4.13. The molecule has 0 bridgehead atoms. The van der Waals surface area contributed by atoms with Crippen molar-refractivity contribution in [1.29, 1.82) is 0 Å². The third kappa shape index (κ3) is 2.91. The van der Waals surface area contributed by atoms with Crippen molar-refractivity contribution >= 4 is 17.6 Å². The molecule has 0 fully saturated rings. The van der Waals surface area contributed by atoms with Crippen LogP contribution in [0.3, 0.4) is 0 Å². The molecule has 6 nitrogen and oxygen atoms in total. The molecule has 0 aliphatic carbocycles. The highest BCUT2D eigenvalue weighted by atomic mass is 35.5. The summed E-state index contributed by atoms with van der Waals surface area (Å²) in [5.74, 6) is -1.15. The fraction of sp³-hybridized carbons (Fsp3) is 0.250. The minimum Gasteiger partial charge on any atom is -0.476 e. The van der Waals surface area contributed by atoms with Gasteiger partial charge in [-0.25, -0.2) is 9.48 Å². The first-order valence-corrected chi connectivity index (χ1v) is 6.01. The van der Waals surface area contributed by atoms with Crippen LogP contribution in [0.15, 0.2) is 24.3 Å². The molecule has 0 saturated carbocycles. The van der Waals surface area contributed by atoms with Gasteiger partial charge >= 0.3 is 5.97 Å². The van der Waals surface area contributed by atoms with Crippen LogP contribution in [-0.4, -0.2) is 37.8 Å². The lowest BCUT2D eigenvalue weighted by molar-refractivity contribution is 0.0689. The second-order valence-electron chi connectivity index (χ2n) is 3.90. The lowest BCUT2D eigenvalue weighted by atomic mass is 10.1. The summed E-state index contributed by atoms with van der Waals surface area (Å²) in [4.78, 5) is 11.1. The normalized spacial score (nSPS) is 10.6. The van der Waals surface area contributed by atoms with Crippen LogP contribution in [0.25, 0.3) is 0 Å². The van der Waals surface area contributed by atoms with Gasteiger partial charge in [0.2, 0.25) is 0 Å². The average Bonchev–Trinajstić information content (AvgIpc) is 2.76. The smallest absolute Gasteiger partial charge is 0.358 e. The lowest BCUT2D eigenvalue weighted by Crippen LogP contribution is -2.11. The highest BCUT2D eigenvalue weighted by molar-refractivity contribution is 6.31. The fourth-order valence-corrected chi connectivity index (χ4v) is 1.97. The molecule has 7 heteroatoms. The van der Waals surface area contributed by atoms with Crippen molar-refractivity contribution in [1.82, 2.24) is 15.0 Å². The van der Waals surface area contributed by atoms with Gasteiger partial charge in [0.15, 0.2) is 5.69 Å². The number of hydrogen-bond donors (Lipinski definition) is 2. The Balaban J connectivity index is 2.40. The minimum absolute atomic E-state index is 0.117. The van der Waals surface area contributed by atoms with Gasteiger partial charge in [-0.15, -0.1) is 5.10 Å². The van der Waals surface area contributed by atoms with E-state index in [0.29, 0.717) is 17.1 Å². The van der Waals surface area contributed by atoms with Gasteiger partial charge < -0.3 is 10.2 Å². The number of aliphatic hydroxyl groups is 1. The Morgan fingerprint density at radius 3 is 2.74 bits per heavy atom. The van der Waals surface area contributed by atoms with E-state index in [2.05, 4.69) is 10.3 Å². The Morgan fingerprint density at radius 2 is 2.11 bits per heavy atom. The number of rotatable bonds is 5. The molecule has 1 heterocycles. The first-order chi connectivity index (χ1) is 9.13. The quantitative estimate of drug-likeness (QED) is 0.860. The molecular formula is C12H12ClN3O3. The predicted molar refractivity (Wildman–Crippen MR) is 68.3 cm³/mol. The zero-order valence-electron chi connectivity index (χ0n) is 9.95. The van der Waals surface area contributed by atoms with Crippen LogP contribution in [0.2, 0.25) is 5.02 Å². The first kappa shape index (κ1) is 13.5. The van der Waals surface area contributed by atoms with Gasteiger partial charge in [-0.3, -0.25) is 0 Å². The molecule has 0 saturated heterocycles. The van der Waals surface area contributed by atoms with E-state index in [1.165, 1.54) is 4.68 Å². The molecule has 0 aliphatic rings. The van der Waals surface area contributed by atoms with Crippen LogP contribution < -0.4 is 0 Å². The number of aliphatic hydroxyl groups excluding tert-OH is 1. The van der Waals surface area contributed by atoms with Gasteiger partial charge in [-0.05, 0) is 11.6 Å². The molecule has 1 aromatic carbocycles. The summed E-state index contributed by atoms with van der Waals surface area (Å²) in [5, 5.41) is 25.9. The van der Waals surface area contributed by atoms with Gasteiger partial charge in [-0.2, -0.15) is 0 Å². The number of hydrogen-bond acceptors (Lipinski definition) is 4. The third-order valence-electron chi connectivity index (χ3n) is 2.67. The van der Waals surface area contributed by atoms with Crippen LogP contribution in [-0.2, 0) is 13.0 Å². The maximum atomic E-state index is 11.1. The van der Waals surface area contributed by atoms with Crippen LogP contribution >= 0.6 is 11.6 Å². The van der Waals surface area contributed by atoms with E-state index in [0.717, 1.165) is 5.56 Å². The molecule has 2 rings (SSSR count). The number of carboxylic acids is 1. The Labute approximate surface area is 114 Å². The molecule has 2 N–H and O–H groups in total. The first-order valence-electron chi connectivity index (χ1n) is 5.63. The summed E-state index contributed by atoms with van der Waals surface area (Å²) >= 11 is 6.06. The van der Waals surface area contributed by atoms with Crippen molar-refractivity contribution in [3.05, 3.63) is 46.2 Å². The van der Waals surface area contributed by atoms with E-state index in [1.807, 2.05) is 12.1 Å². The summed E-state index contributed by atoms with van der Waals surface area (Å²) < 4.78 is 1.38. The Morgan fingerprint density at radius 1 is 1.37 bits per heavy atom. The molecule has 0 amide bonds. The summed E-state index contributed by atoms with van der Waals surface area (Å²) in [5.41, 5.74) is 1.09. The molecule has 0 aliphatic heterocycles. The zero-order chi connectivity index (χ0) is 13.8. The molecule has 0 spiro atoms. The van der Waals surface area contributed by atoms with E-state index in [-0.39, 0.29) is 18.8 Å². The predicted octanol–water partition coefficient (Wildman–Crippen LogP) is 1.21. The van der Waals surface area contributed by atoms with Gasteiger partial charge in [0.05, 0.1) is 18.8 Å². The molecule has 19 heavy (non-hydrogen) atoms. The number of aromatic nitrogens is 3. The van der Waals surface area contributed by atoms with Gasteiger partial charge in [0.1, 0.15) is 0 Å². The Hall–Kier alpha value is -1.92. The number of nitrogens with zero attached hydrogens (tertiary/aromatic N) is 3. The fourth-order valence-electron chi connectivity index (χ4n) is 1.77.